The van der Waals surface area contributed by atoms with Gasteiger partial charge in [0.1, 0.15) is 11.5 Å². The maximum atomic E-state index is 6.03. The lowest BCUT2D eigenvalue weighted by Crippen LogP contribution is -1.92. The summed E-state index contributed by atoms with van der Waals surface area (Å²) in [5.74, 6) is 1.74. The summed E-state index contributed by atoms with van der Waals surface area (Å²) in [4.78, 5) is 0. The molecule has 0 amide bonds. The lowest BCUT2D eigenvalue weighted by molar-refractivity contribution is 0.472. The third-order valence-corrected chi connectivity index (χ3v) is 3.67. The first-order valence-corrected chi connectivity index (χ1v) is 6.98. The molecular formula is C17H17BrO. The molecule has 0 aliphatic rings. The van der Waals surface area contributed by atoms with Crippen molar-refractivity contribution in [3.63, 3.8) is 0 Å². The van der Waals surface area contributed by atoms with Gasteiger partial charge in [-0.15, -0.1) is 0 Å². The number of ether oxygens (including phenoxy) is 1. The van der Waals surface area contributed by atoms with Crippen molar-refractivity contribution in [3.05, 3.63) is 64.1 Å². The number of benzene rings is 2. The fourth-order valence-electron chi connectivity index (χ4n) is 1.92. The number of hydrogen-bond acceptors (Lipinski definition) is 1. The zero-order chi connectivity index (χ0) is 14.0. The van der Waals surface area contributed by atoms with Crippen LogP contribution >= 0.6 is 15.9 Å². The van der Waals surface area contributed by atoms with Crippen LogP contribution in [0.25, 0.3) is 5.57 Å². The summed E-state index contributed by atoms with van der Waals surface area (Å²) in [5.41, 5.74) is 4.42. The predicted molar refractivity (Wildman–Crippen MR) is 84.8 cm³/mol. The summed E-state index contributed by atoms with van der Waals surface area (Å²) in [6, 6.07) is 12.2. The number of para-hydroxylation sites is 1. The number of halogens is 1. The Hall–Kier alpha value is -1.54. The van der Waals surface area contributed by atoms with Crippen molar-refractivity contribution in [1.29, 1.82) is 0 Å². The second-order valence-electron chi connectivity index (χ2n) is 4.75. The van der Waals surface area contributed by atoms with Crippen molar-refractivity contribution >= 4 is 21.5 Å². The van der Waals surface area contributed by atoms with Gasteiger partial charge in [0.25, 0.3) is 0 Å². The molecule has 0 spiro atoms. The quantitative estimate of drug-likeness (QED) is 0.685. The first kappa shape index (κ1) is 13.9. The second-order valence-corrected chi connectivity index (χ2v) is 5.60. The van der Waals surface area contributed by atoms with Crippen molar-refractivity contribution in [2.75, 3.05) is 0 Å². The van der Waals surface area contributed by atoms with Gasteiger partial charge in [0.2, 0.25) is 0 Å². The molecule has 0 aromatic heterocycles. The van der Waals surface area contributed by atoms with E-state index in [1.165, 1.54) is 0 Å². The van der Waals surface area contributed by atoms with Crippen LogP contribution in [0.1, 0.15) is 23.6 Å². The molecule has 2 aromatic rings. The normalized spacial score (nSPS) is 10.3. The van der Waals surface area contributed by atoms with Crippen LogP contribution in [0.5, 0.6) is 11.5 Å². The smallest absolute Gasteiger partial charge is 0.141 e. The highest BCUT2D eigenvalue weighted by molar-refractivity contribution is 9.10. The minimum absolute atomic E-state index is 0.822. The fourth-order valence-corrected chi connectivity index (χ4v) is 2.38. The Morgan fingerprint density at radius 1 is 1.11 bits per heavy atom. The van der Waals surface area contributed by atoms with Gasteiger partial charge in [-0.2, -0.15) is 0 Å². The molecule has 0 unspecified atom stereocenters. The van der Waals surface area contributed by atoms with E-state index < -0.39 is 0 Å². The molecule has 19 heavy (non-hydrogen) atoms. The average Bonchev–Trinajstić information content (AvgIpc) is 2.35. The molecule has 2 aromatic carbocycles. The number of aryl methyl sites for hydroxylation is 2. The number of allylic oxidation sites excluding steroid dienone is 1. The molecule has 0 atom stereocenters. The molecule has 2 rings (SSSR count). The molecule has 0 heterocycles. The summed E-state index contributed by atoms with van der Waals surface area (Å²) in [6.07, 6.45) is 0. The zero-order valence-electron chi connectivity index (χ0n) is 11.5. The van der Waals surface area contributed by atoms with E-state index in [9.17, 15) is 0 Å². The van der Waals surface area contributed by atoms with Crippen LogP contribution in [0.3, 0.4) is 0 Å². The van der Waals surface area contributed by atoms with Gasteiger partial charge in [-0.3, -0.25) is 0 Å². The number of hydrogen-bond donors (Lipinski definition) is 0. The summed E-state index contributed by atoms with van der Waals surface area (Å²) in [5, 5.41) is 0. The Bertz CT molecular complexity index is 609. The summed E-state index contributed by atoms with van der Waals surface area (Å²) < 4.78 is 6.97. The van der Waals surface area contributed by atoms with E-state index in [0.717, 1.165) is 38.2 Å². The van der Waals surface area contributed by atoms with Gasteiger partial charge in [-0.05, 0) is 65.5 Å². The maximum absolute atomic E-state index is 6.03. The van der Waals surface area contributed by atoms with E-state index in [2.05, 4.69) is 48.5 Å². The van der Waals surface area contributed by atoms with E-state index >= 15 is 0 Å². The highest BCUT2D eigenvalue weighted by atomic mass is 79.9. The molecule has 0 saturated heterocycles. The Morgan fingerprint density at radius 3 is 2.26 bits per heavy atom. The lowest BCUT2D eigenvalue weighted by atomic mass is 10.1. The molecule has 2 heteroatoms. The van der Waals surface area contributed by atoms with Crippen molar-refractivity contribution in [2.24, 2.45) is 0 Å². The van der Waals surface area contributed by atoms with Crippen LogP contribution in [-0.4, -0.2) is 0 Å². The van der Waals surface area contributed by atoms with E-state index in [1.54, 1.807) is 0 Å². The lowest BCUT2D eigenvalue weighted by Gasteiger charge is -2.13. The third kappa shape index (κ3) is 3.07. The van der Waals surface area contributed by atoms with Gasteiger partial charge in [0, 0.05) is 0 Å². The van der Waals surface area contributed by atoms with Crippen molar-refractivity contribution in [1.82, 2.24) is 0 Å². The van der Waals surface area contributed by atoms with Gasteiger partial charge in [0.15, 0.2) is 0 Å². The van der Waals surface area contributed by atoms with Gasteiger partial charge in [0.05, 0.1) is 4.47 Å². The molecule has 1 nitrogen and oxygen atoms in total. The van der Waals surface area contributed by atoms with Gasteiger partial charge in [-0.25, -0.2) is 0 Å². The first-order valence-electron chi connectivity index (χ1n) is 6.18. The highest BCUT2D eigenvalue weighted by Gasteiger charge is 2.08. The first-order chi connectivity index (χ1) is 8.99. The molecule has 0 aliphatic carbocycles. The summed E-state index contributed by atoms with van der Waals surface area (Å²) in [7, 11) is 0. The van der Waals surface area contributed by atoms with E-state index in [1.807, 2.05) is 31.2 Å². The molecule has 98 valence electrons. The van der Waals surface area contributed by atoms with Crippen LogP contribution in [0, 0.1) is 13.8 Å². The third-order valence-electron chi connectivity index (χ3n) is 3.05. The monoisotopic (exact) mass is 316 g/mol. The standard InChI is InChI=1S/C17H17BrO/c1-11(2)14-8-9-16(15(18)10-14)19-17-12(3)6-5-7-13(17)4/h5-10H,1H2,2-4H3. The molecule has 0 saturated carbocycles. The highest BCUT2D eigenvalue weighted by Crippen LogP contribution is 2.34. The largest absolute Gasteiger partial charge is 0.456 e. The molecule has 0 fully saturated rings. The number of rotatable bonds is 3. The second kappa shape index (κ2) is 5.62. The molecule has 0 aliphatic heterocycles. The Morgan fingerprint density at radius 2 is 1.74 bits per heavy atom. The van der Waals surface area contributed by atoms with Gasteiger partial charge >= 0.3 is 0 Å². The molecule has 0 bridgehead atoms. The van der Waals surface area contributed by atoms with Crippen LogP contribution in [0.2, 0.25) is 0 Å². The topological polar surface area (TPSA) is 9.23 Å². The zero-order valence-corrected chi connectivity index (χ0v) is 13.0. The van der Waals surface area contributed by atoms with Crippen molar-refractivity contribution < 1.29 is 4.74 Å². The SMILES string of the molecule is C=C(C)c1ccc(Oc2c(C)cccc2C)c(Br)c1. The van der Waals surface area contributed by atoms with Gasteiger partial charge < -0.3 is 4.74 Å². The van der Waals surface area contributed by atoms with Crippen LogP contribution in [-0.2, 0) is 0 Å². The molecular weight excluding hydrogens is 300 g/mol. The summed E-state index contributed by atoms with van der Waals surface area (Å²) in [6.45, 7) is 10.0. The van der Waals surface area contributed by atoms with Crippen LogP contribution in [0.15, 0.2) is 47.4 Å². The summed E-state index contributed by atoms with van der Waals surface area (Å²) >= 11 is 3.56. The van der Waals surface area contributed by atoms with E-state index in [4.69, 9.17) is 4.74 Å². The minimum Gasteiger partial charge on any atom is -0.456 e. The van der Waals surface area contributed by atoms with Crippen molar-refractivity contribution in [3.8, 4) is 11.5 Å². The van der Waals surface area contributed by atoms with Crippen molar-refractivity contribution in [2.45, 2.75) is 20.8 Å². The molecule has 0 N–H and O–H groups in total. The van der Waals surface area contributed by atoms with E-state index in [0.29, 0.717) is 0 Å². The fraction of sp³-hybridized carbons (Fsp3) is 0.176. The Balaban J connectivity index is 2.36. The maximum Gasteiger partial charge on any atom is 0.141 e. The van der Waals surface area contributed by atoms with Gasteiger partial charge in [-0.1, -0.05) is 36.4 Å². The average molecular weight is 317 g/mol. The van der Waals surface area contributed by atoms with Crippen LogP contribution in [0.4, 0.5) is 0 Å². The Kier molecular flexibility index (Phi) is 4.11. The van der Waals surface area contributed by atoms with E-state index in [-0.39, 0.29) is 0 Å². The van der Waals surface area contributed by atoms with Crippen LogP contribution < -0.4 is 4.74 Å². The predicted octanol–water partition coefficient (Wildman–Crippen LogP) is 5.89. The Labute approximate surface area is 123 Å². The molecule has 0 radical (unpaired) electrons. The minimum atomic E-state index is 0.822.